The molecule has 3 aromatic rings. The Bertz CT molecular complexity index is 997. The quantitative estimate of drug-likeness (QED) is 0.243. The number of imidazole rings is 1. The molecule has 0 radical (unpaired) electrons. The van der Waals surface area contributed by atoms with Gasteiger partial charge in [0.1, 0.15) is 11.6 Å². The normalized spacial score (nSPS) is 11.3. The standard InChI is InChI=1S/C28H38ClN3O/c1-5-7-11-18-31(20-23-14-16-24(33-4)17-15-23)21-26-27(29)30-28(32(26)19-8-6-2)25-13-10-9-12-22(25)3/h9-10,12-17H,5-8,11,18-21H2,1-4H3. The third kappa shape index (κ3) is 6.84. The number of hydrogen-bond acceptors (Lipinski definition) is 3. The molecule has 0 aliphatic heterocycles. The van der Waals surface area contributed by atoms with Crippen LogP contribution in [0.2, 0.25) is 5.15 Å². The van der Waals surface area contributed by atoms with E-state index in [0.717, 1.165) is 61.9 Å². The van der Waals surface area contributed by atoms with E-state index < -0.39 is 0 Å². The van der Waals surface area contributed by atoms with Gasteiger partial charge in [-0.2, -0.15) is 0 Å². The second-order valence-corrected chi connectivity index (χ2v) is 9.12. The number of ether oxygens (including phenoxy) is 1. The van der Waals surface area contributed by atoms with Gasteiger partial charge in [-0.1, -0.05) is 81.1 Å². The number of methoxy groups -OCH3 is 1. The lowest BCUT2D eigenvalue weighted by molar-refractivity contribution is 0.244. The summed E-state index contributed by atoms with van der Waals surface area (Å²) in [7, 11) is 1.71. The summed E-state index contributed by atoms with van der Waals surface area (Å²) in [4.78, 5) is 7.36. The minimum absolute atomic E-state index is 0.625. The monoisotopic (exact) mass is 467 g/mol. The molecule has 4 nitrogen and oxygen atoms in total. The Morgan fingerprint density at radius 3 is 2.33 bits per heavy atom. The zero-order valence-corrected chi connectivity index (χ0v) is 21.4. The first-order valence-electron chi connectivity index (χ1n) is 12.2. The molecule has 0 N–H and O–H groups in total. The van der Waals surface area contributed by atoms with Crippen molar-refractivity contribution in [3.05, 3.63) is 70.5 Å². The lowest BCUT2D eigenvalue weighted by Crippen LogP contribution is -2.26. The van der Waals surface area contributed by atoms with Gasteiger partial charge in [0.15, 0.2) is 5.15 Å². The Morgan fingerprint density at radius 1 is 0.939 bits per heavy atom. The second kappa shape index (κ2) is 12.8. The van der Waals surface area contributed by atoms with Crippen molar-refractivity contribution < 1.29 is 4.74 Å². The van der Waals surface area contributed by atoms with Crippen LogP contribution in [0.3, 0.4) is 0 Å². The van der Waals surface area contributed by atoms with Gasteiger partial charge in [0.25, 0.3) is 0 Å². The molecule has 0 bridgehead atoms. The van der Waals surface area contributed by atoms with Crippen LogP contribution in [0.1, 0.15) is 62.8 Å². The van der Waals surface area contributed by atoms with Crippen LogP contribution >= 0.6 is 11.6 Å². The van der Waals surface area contributed by atoms with E-state index in [4.69, 9.17) is 21.3 Å². The number of halogens is 1. The molecule has 1 heterocycles. The lowest BCUT2D eigenvalue weighted by atomic mass is 10.1. The number of rotatable bonds is 13. The zero-order valence-electron chi connectivity index (χ0n) is 20.6. The van der Waals surface area contributed by atoms with Gasteiger partial charge in [-0.15, -0.1) is 0 Å². The van der Waals surface area contributed by atoms with Crippen molar-refractivity contribution in [2.24, 2.45) is 0 Å². The first-order chi connectivity index (χ1) is 16.1. The Balaban J connectivity index is 1.91. The van der Waals surface area contributed by atoms with Gasteiger partial charge < -0.3 is 9.30 Å². The maximum atomic E-state index is 6.80. The molecule has 0 atom stereocenters. The molecular weight excluding hydrogens is 430 g/mol. The average Bonchev–Trinajstić information content (AvgIpc) is 3.13. The summed E-state index contributed by atoms with van der Waals surface area (Å²) in [6, 6.07) is 16.8. The highest BCUT2D eigenvalue weighted by Crippen LogP contribution is 2.30. The van der Waals surface area contributed by atoms with E-state index >= 15 is 0 Å². The van der Waals surface area contributed by atoms with Crippen molar-refractivity contribution >= 4 is 11.6 Å². The molecule has 1 aromatic heterocycles. The number of nitrogens with zero attached hydrogens (tertiary/aromatic N) is 3. The first kappa shape index (κ1) is 25.3. The van der Waals surface area contributed by atoms with E-state index in [0.29, 0.717) is 5.15 Å². The second-order valence-electron chi connectivity index (χ2n) is 8.76. The third-order valence-electron chi connectivity index (χ3n) is 6.16. The zero-order chi connectivity index (χ0) is 23.6. The maximum absolute atomic E-state index is 6.80. The molecule has 3 rings (SSSR count). The van der Waals surface area contributed by atoms with Crippen LogP contribution in [-0.2, 0) is 19.6 Å². The maximum Gasteiger partial charge on any atom is 0.152 e. The van der Waals surface area contributed by atoms with Crippen molar-refractivity contribution in [2.45, 2.75) is 72.5 Å². The van der Waals surface area contributed by atoms with Crippen LogP contribution in [-0.4, -0.2) is 28.1 Å². The fourth-order valence-electron chi connectivity index (χ4n) is 4.19. The van der Waals surface area contributed by atoms with Crippen molar-refractivity contribution in [1.29, 1.82) is 0 Å². The van der Waals surface area contributed by atoms with Gasteiger partial charge in [0.05, 0.1) is 12.8 Å². The minimum atomic E-state index is 0.625. The Kier molecular flexibility index (Phi) is 9.83. The van der Waals surface area contributed by atoms with Crippen LogP contribution in [0.25, 0.3) is 11.4 Å². The molecule has 0 amide bonds. The van der Waals surface area contributed by atoms with Crippen molar-refractivity contribution in [2.75, 3.05) is 13.7 Å². The fourth-order valence-corrected chi connectivity index (χ4v) is 4.44. The summed E-state index contributed by atoms with van der Waals surface area (Å²) in [5.74, 6) is 1.87. The van der Waals surface area contributed by atoms with Crippen LogP contribution < -0.4 is 4.74 Å². The molecule has 5 heteroatoms. The van der Waals surface area contributed by atoms with Gasteiger partial charge in [-0.25, -0.2) is 4.98 Å². The highest BCUT2D eigenvalue weighted by atomic mass is 35.5. The molecule has 0 aliphatic rings. The molecule has 0 aliphatic carbocycles. The van der Waals surface area contributed by atoms with Crippen LogP contribution in [0.5, 0.6) is 5.75 Å². The lowest BCUT2D eigenvalue weighted by Gasteiger charge is -2.24. The topological polar surface area (TPSA) is 30.3 Å². The predicted molar refractivity (Wildman–Crippen MR) is 139 cm³/mol. The van der Waals surface area contributed by atoms with Gasteiger partial charge in [-0.3, -0.25) is 4.90 Å². The molecule has 0 unspecified atom stereocenters. The average molecular weight is 468 g/mol. The van der Waals surface area contributed by atoms with Gasteiger partial charge >= 0.3 is 0 Å². The summed E-state index contributed by atoms with van der Waals surface area (Å²) >= 11 is 6.80. The van der Waals surface area contributed by atoms with Gasteiger partial charge in [-0.05, 0) is 49.6 Å². The molecule has 33 heavy (non-hydrogen) atoms. The first-order valence-corrected chi connectivity index (χ1v) is 12.6. The summed E-state index contributed by atoms with van der Waals surface area (Å²) < 4.78 is 7.69. The number of aromatic nitrogens is 2. The Morgan fingerprint density at radius 2 is 1.67 bits per heavy atom. The van der Waals surface area contributed by atoms with Crippen molar-refractivity contribution in [3.8, 4) is 17.1 Å². The fraction of sp³-hybridized carbons (Fsp3) is 0.464. The summed E-state index contributed by atoms with van der Waals surface area (Å²) in [5, 5.41) is 0.625. The van der Waals surface area contributed by atoms with E-state index in [9.17, 15) is 0 Å². The number of unbranched alkanes of at least 4 members (excludes halogenated alkanes) is 3. The Hall–Kier alpha value is -2.30. The van der Waals surface area contributed by atoms with Crippen LogP contribution in [0.4, 0.5) is 0 Å². The third-order valence-corrected chi connectivity index (χ3v) is 6.46. The number of hydrogen-bond donors (Lipinski definition) is 0. The number of aryl methyl sites for hydroxylation is 1. The summed E-state index contributed by atoms with van der Waals surface area (Å²) in [6.45, 7) is 10.3. The highest BCUT2D eigenvalue weighted by molar-refractivity contribution is 6.30. The molecule has 178 valence electrons. The molecule has 2 aromatic carbocycles. The highest BCUT2D eigenvalue weighted by Gasteiger charge is 2.20. The molecule has 0 fully saturated rings. The molecule has 0 saturated heterocycles. The molecule has 0 spiro atoms. The largest absolute Gasteiger partial charge is 0.497 e. The van der Waals surface area contributed by atoms with Gasteiger partial charge in [0.2, 0.25) is 0 Å². The van der Waals surface area contributed by atoms with Gasteiger partial charge in [0, 0.05) is 25.2 Å². The smallest absolute Gasteiger partial charge is 0.152 e. The predicted octanol–water partition coefficient (Wildman–Crippen LogP) is 7.51. The van der Waals surface area contributed by atoms with E-state index in [1.165, 1.54) is 30.4 Å². The molecule has 0 saturated carbocycles. The van der Waals surface area contributed by atoms with E-state index in [1.54, 1.807) is 7.11 Å². The number of benzene rings is 2. The van der Waals surface area contributed by atoms with E-state index in [1.807, 2.05) is 12.1 Å². The minimum Gasteiger partial charge on any atom is -0.497 e. The molecular formula is C28H38ClN3O. The summed E-state index contributed by atoms with van der Waals surface area (Å²) in [6.07, 6.45) is 5.86. The van der Waals surface area contributed by atoms with Crippen molar-refractivity contribution in [3.63, 3.8) is 0 Å². The van der Waals surface area contributed by atoms with E-state index in [-0.39, 0.29) is 0 Å². The van der Waals surface area contributed by atoms with Crippen molar-refractivity contribution in [1.82, 2.24) is 14.5 Å². The Labute approximate surface area is 204 Å². The van der Waals surface area contributed by atoms with Crippen LogP contribution in [0, 0.1) is 6.92 Å². The summed E-state index contributed by atoms with van der Waals surface area (Å²) in [5.41, 5.74) is 4.78. The van der Waals surface area contributed by atoms with Crippen LogP contribution in [0.15, 0.2) is 48.5 Å². The van der Waals surface area contributed by atoms with E-state index in [2.05, 4.69) is 66.6 Å². The SMILES string of the molecule is CCCCCN(Cc1ccc(OC)cc1)Cc1c(Cl)nc(-c2ccccc2C)n1CCCC.